The number of sulfonamides is 1. The fourth-order valence-corrected chi connectivity index (χ4v) is 4.09. The fourth-order valence-electron chi connectivity index (χ4n) is 1.46. The van der Waals surface area contributed by atoms with Crippen molar-refractivity contribution in [1.82, 2.24) is 10.0 Å². The fraction of sp³-hybridized carbons (Fsp3) is 1.00. The van der Waals surface area contributed by atoms with Crippen molar-refractivity contribution in [3.8, 4) is 0 Å². The summed E-state index contributed by atoms with van der Waals surface area (Å²) >= 11 is 0. The van der Waals surface area contributed by atoms with Gasteiger partial charge in [-0.25, -0.2) is 13.1 Å². The van der Waals surface area contributed by atoms with Crippen molar-refractivity contribution >= 4 is 20.8 Å². The number of rotatable bonds is 5. The van der Waals surface area contributed by atoms with Crippen LogP contribution >= 0.6 is 0 Å². The van der Waals surface area contributed by atoms with E-state index in [1.54, 1.807) is 7.05 Å². The van der Waals surface area contributed by atoms with Gasteiger partial charge in [0.25, 0.3) is 0 Å². The second-order valence-corrected chi connectivity index (χ2v) is 7.23. The largest absolute Gasteiger partial charge is 0.319 e. The van der Waals surface area contributed by atoms with Crippen LogP contribution in [0.2, 0.25) is 0 Å². The lowest BCUT2D eigenvalue weighted by Crippen LogP contribution is -2.41. The van der Waals surface area contributed by atoms with E-state index < -0.39 is 20.8 Å². The third kappa shape index (κ3) is 5.05. The molecule has 1 fully saturated rings. The zero-order chi connectivity index (χ0) is 11.3. The summed E-state index contributed by atoms with van der Waals surface area (Å²) in [7, 11) is -2.19. The van der Waals surface area contributed by atoms with Crippen LogP contribution in [0.15, 0.2) is 0 Å². The van der Waals surface area contributed by atoms with Gasteiger partial charge in [0.1, 0.15) is 0 Å². The highest BCUT2D eigenvalue weighted by Crippen LogP contribution is 2.10. The molecule has 2 N–H and O–H groups in total. The van der Waals surface area contributed by atoms with Crippen LogP contribution in [-0.4, -0.2) is 49.5 Å². The quantitative estimate of drug-likeness (QED) is 0.662. The summed E-state index contributed by atoms with van der Waals surface area (Å²) in [5.41, 5.74) is 0. The first-order valence-electron chi connectivity index (χ1n) is 5.03. The Balaban J connectivity index is 2.37. The molecular weight excluding hydrogens is 236 g/mol. The van der Waals surface area contributed by atoms with Crippen molar-refractivity contribution in [2.24, 2.45) is 0 Å². The lowest BCUT2D eigenvalue weighted by atomic mass is 10.2. The van der Waals surface area contributed by atoms with Gasteiger partial charge < -0.3 is 5.32 Å². The highest BCUT2D eigenvalue weighted by atomic mass is 32.2. The first-order chi connectivity index (χ1) is 7.03. The highest BCUT2D eigenvalue weighted by molar-refractivity contribution is 7.89. The first kappa shape index (κ1) is 13.1. The Morgan fingerprint density at radius 1 is 1.33 bits per heavy atom. The summed E-state index contributed by atoms with van der Waals surface area (Å²) in [6.07, 6.45) is 1.37. The molecule has 5 nitrogen and oxygen atoms in total. The Morgan fingerprint density at radius 2 is 1.93 bits per heavy atom. The molecule has 0 atom stereocenters. The molecule has 1 saturated heterocycles. The van der Waals surface area contributed by atoms with Gasteiger partial charge in [-0.1, -0.05) is 0 Å². The normalized spacial score (nSPS) is 27.8. The second kappa shape index (κ2) is 5.93. The van der Waals surface area contributed by atoms with Gasteiger partial charge in [0, 0.05) is 34.9 Å². The molecule has 1 heterocycles. The Labute approximate surface area is 93.5 Å². The molecule has 0 spiro atoms. The van der Waals surface area contributed by atoms with Crippen molar-refractivity contribution in [3.05, 3.63) is 0 Å². The Kier molecular flexibility index (Phi) is 5.17. The molecule has 7 heteroatoms. The molecule has 0 aromatic heterocycles. The molecule has 1 aliphatic heterocycles. The summed E-state index contributed by atoms with van der Waals surface area (Å²) in [5.74, 6) is 1.32. The van der Waals surface area contributed by atoms with E-state index in [-0.39, 0.29) is 11.8 Å². The van der Waals surface area contributed by atoms with E-state index in [9.17, 15) is 12.6 Å². The molecule has 0 radical (unpaired) electrons. The van der Waals surface area contributed by atoms with E-state index in [0.717, 1.165) is 0 Å². The molecule has 0 bridgehead atoms. The van der Waals surface area contributed by atoms with Crippen molar-refractivity contribution in [3.63, 3.8) is 0 Å². The van der Waals surface area contributed by atoms with Crippen LogP contribution < -0.4 is 10.0 Å². The Morgan fingerprint density at radius 3 is 2.47 bits per heavy atom. The minimum Gasteiger partial charge on any atom is -0.319 e. The molecule has 1 rings (SSSR count). The average Bonchev–Trinajstić information content (AvgIpc) is 2.18. The standard InChI is InChI=1S/C8H18N2O3S2/c1-9-4-7-15(12,13)10-8-2-5-14(11)6-3-8/h8-10H,2-7H2,1H3. The molecule has 0 unspecified atom stereocenters. The van der Waals surface area contributed by atoms with Crippen molar-refractivity contribution in [1.29, 1.82) is 0 Å². The van der Waals surface area contributed by atoms with E-state index in [1.807, 2.05) is 0 Å². The molecular formula is C8H18N2O3S2. The number of hydrogen-bond acceptors (Lipinski definition) is 4. The van der Waals surface area contributed by atoms with Crippen molar-refractivity contribution in [2.75, 3.05) is 30.9 Å². The summed E-state index contributed by atoms with van der Waals surface area (Å²) in [5, 5.41) is 2.80. The van der Waals surface area contributed by atoms with Crippen molar-refractivity contribution in [2.45, 2.75) is 18.9 Å². The Hall–Kier alpha value is 0.0200. The zero-order valence-electron chi connectivity index (χ0n) is 8.86. The molecule has 0 aromatic rings. The van der Waals surface area contributed by atoms with Crippen LogP contribution in [-0.2, 0) is 20.8 Å². The van der Waals surface area contributed by atoms with E-state index in [0.29, 0.717) is 30.9 Å². The zero-order valence-corrected chi connectivity index (χ0v) is 10.5. The van der Waals surface area contributed by atoms with Crippen LogP contribution in [0.3, 0.4) is 0 Å². The number of hydrogen-bond donors (Lipinski definition) is 2. The maximum atomic E-state index is 11.5. The van der Waals surface area contributed by atoms with E-state index >= 15 is 0 Å². The van der Waals surface area contributed by atoms with Gasteiger partial charge in [-0.3, -0.25) is 4.21 Å². The van der Waals surface area contributed by atoms with Crippen molar-refractivity contribution < 1.29 is 12.6 Å². The van der Waals surface area contributed by atoms with Gasteiger partial charge in [-0.05, 0) is 19.9 Å². The summed E-state index contributed by atoms with van der Waals surface area (Å²) in [6, 6.07) is -0.0236. The minimum absolute atomic E-state index is 0.0236. The van der Waals surface area contributed by atoms with Gasteiger partial charge in [-0.15, -0.1) is 0 Å². The Bertz CT molecular complexity index is 306. The molecule has 0 amide bonds. The van der Waals surface area contributed by atoms with Crippen LogP contribution in [0.4, 0.5) is 0 Å². The van der Waals surface area contributed by atoms with Crippen LogP contribution in [0, 0.1) is 0 Å². The predicted molar refractivity (Wildman–Crippen MR) is 61.7 cm³/mol. The van der Waals surface area contributed by atoms with Crippen LogP contribution in [0.5, 0.6) is 0 Å². The summed E-state index contributed by atoms with van der Waals surface area (Å²) in [4.78, 5) is 0. The van der Waals surface area contributed by atoms with E-state index in [1.165, 1.54) is 0 Å². The summed E-state index contributed by atoms with van der Waals surface area (Å²) in [6.45, 7) is 0.452. The first-order valence-corrected chi connectivity index (χ1v) is 8.17. The van der Waals surface area contributed by atoms with Gasteiger partial charge in [-0.2, -0.15) is 0 Å². The van der Waals surface area contributed by atoms with E-state index in [2.05, 4.69) is 10.0 Å². The van der Waals surface area contributed by atoms with Gasteiger partial charge in [0.05, 0.1) is 5.75 Å². The maximum absolute atomic E-state index is 11.5. The molecule has 15 heavy (non-hydrogen) atoms. The summed E-state index contributed by atoms with van der Waals surface area (Å²) < 4.78 is 36.7. The minimum atomic E-state index is -3.17. The smallest absolute Gasteiger partial charge is 0.213 e. The molecule has 0 aliphatic carbocycles. The highest BCUT2D eigenvalue weighted by Gasteiger charge is 2.22. The maximum Gasteiger partial charge on any atom is 0.213 e. The second-order valence-electron chi connectivity index (χ2n) is 3.66. The van der Waals surface area contributed by atoms with Gasteiger partial charge in [0.15, 0.2) is 0 Å². The average molecular weight is 254 g/mol. The molecule has 0 aromatic carbocycles. The molecule has 90 valence electrons. The third-order valence-electron chi connectivity index (χ3n) is 2.35. The van der Waals surface area contributed by atoms with Gasteiger partial charge >= 0.3 is 0 Å². The monoisotopic (exact) mass is 254 g/mol. The molecule has 0 saturated carbocycles. The predicted octanol–water partition coefficient (Wildman–Crippen LogP) is -0.964. The van der Waals surface area contributed by atoms with Crippen LogP contribution in [0.1, 0.15) is 12.8 Å². The lowest BCUT2D eigenvalue weighted by Gasteiger charge is -2.22. The third-order valence-corrected chi connectivity index (χ3v) is 5.17. The molecule has 1 aliphatic rings. The van der Waals surface area contributed by atoms with Crippen LogP contribution in [0.25, 0.3) is 0 Å². The van der Waals surface area contributed by atoms with E-state index in [4.69, 9.17) is 0 Å². The topological polar surface area (TPSA) is 75.3 Å². The SMILES string of the molecule is CNCCS(=O)(=O)NC1CCS(=O)CC1. The lowest BCUT2D eigenvalue weighted by molar-refractivity contribution is 0.521. The van der Waals surface area contributed by atoms with Gasteiger partial charge in [0.2, 0.25) is 10.0 Å². The number of nitrogens with one attached hydrogen (secondary N) is 2.